The second-order valence-electron chi connectivity index (χ2n) is 5.70. The fourth-order valence-electron chi connectivity index (χ4n) is 2.63. The lowest BCUT2D eigenvalue weighted by atomic mass is 10.1. The summed E-state index contributed by atoms with van der Waals surface area (Å²) in [5, 5.41) is 6.53. The fraction of sp³-hybridized carbons (Fsp3) is 0.278. The van der Waals surface area contributed by atoms with Crippen LogP contribution in [0.25, 0.3) is 0 Å². The van der Waals surface area contributed by atoms with E-state index >= 15 is 0 Å². The third-order valence-corrected chi connectivity index (χ3v) is 3.98. The molecule has 0 saturated carbocycles. The van der Waals surface area contributed by atoms with Gasteiger partial charge in [-0.15, -0.1) is 0 Å². The highest BCUT2D eigenvalue weighted by molar-refractivity contribution is 6.33. The Labute approximate surface area is 145 Å². The molecule has 0 radical (unpaired) electrons. The zero-order valence-electron chi connectivity index (χ0n) is 13.6. The topological polar surface area (TPSA) is 59.6 Å². The normalized spacial score (nSPS) is 12.6. The number of benzene rings is 2. The molecule has 1 amide bonds. The van der Waals surface area contributed by atoms with Gasteiger partial charge in [0, 0.05) is 11.8 Å². The van der Waals surface area contributed by atoms with Crippen LogP contribution in [-0.4, -0.2) is 25.7 Å². The van der Waals surface area contributed by atoms with E-state index in [1.165, 1.54) is 0 Å². The monoisotopic (exact) mass is 346 g/mol. The van der Waals surface area contributed by atoms with E-state index in [9.17, 15) is 4.79 Å². The molecular weight excluding hydrogens is 328 g/mol. The molecule has 0 spiro atoms. The maximum Gasteiger partial charge on any atom is 0.243 e. The lowest BCUT2D eigenvalue weighted by Gasteiger charge is -2.19. The Morgan fingerprint density at radius 2 is 1.88 bits per heavy atom. The maximum atomic E-state index is 12.2. The Hall–Kier alpha value is -2.40. The molecule has 1 heterocycles. The molecule has 3 rings (SSSR count). The number of carbonyl (C=O) groups excluding carboxylic acids is 1. The van der Waals surface area contributed by atoms with Gasteiger partial charge in [0.1, 0.15) is 13.2 Å². The number of carbonyl (C=O) groups is 1. The van der Waals surface area contributed by atoms with E-state index in [4.69, 9.17) is 21.1 Å². The van der Waals surface area contributed by atoms with Crippen molar-refractivity contribution in [1.29, 1.82) is 0 Å². The third-order valence-electron chi connectivity index (χ3n) is 3.68. The predicted molar refractivity (Wildman–Crippen MR) is 95.5 cm³/mol. The van der Waals surface area contributed by atoms with Gasteiger partial charge in [-0.1, -0.05) is 17.7 Å². The molecule has 0 unspecified atom stereocenters. The first-order valence-corrected chi connectivity index (χ1v) is 8.11. The fourth-order valence-corrected chi connectivity index (χ4v) is 3.02. The minimum atomic E-state index is -0.164. The number of nitrogens with one attached hydrogen (secondary N) is 2. The number of fused-ring (bicyclic) bond motifs is 1. The van der Waals surface area contributed by atoms with Gasteiger partial charge in [-0.2, -0.15) is 0 Å². The van der Waals surface area contributed by atoms with Gasteiger partial charge in [-0.25, -0.2) is 0 Å². The molecule has 126 valence electrons. The lowest BCUT2D eigenvalue weighted by Crippen LogP contribution is -2.22. The SMILES string of the molecule is Cc1cc(C)c(NCC(=O)Nc2ccc3c(c2)OCCO3)c(Cl)c1. The summed E-state index contributed by atoms with van der Waals surface area (Å²) in [5.41, 5.74) is 3.54. The Morgan fingerprint density at radius 1 is 1.12 bits per heavy atom. The van der Waals surface area contributed by atoms with Crippen molar-refractivity contribution < 1.29 is 14.3 Å². The van der Waals surface area contributed by atoms with Crippen LogP contribution in [0.2, 0.25) is 5.02 Å². The quantitative estimate of drug-likeness (QED) is 0.884. The summed E-state index contributed by atoms with van der Waals surface area (Å²) in [4.78, 5) is 12.2. The van der Waals surface area contributed by atoms with Gasteiger partial charge >= 0.3 is 0 Å². The van der Waals surface area contributed by atoms with E-state index in [0.717, 1.165) is 16.8 Å². The van der Waals surface area contributed by atoms with Gasteiger partial charge < -0.3 is 20.1 Å². The molecule has 0 saturated heterocycles. The molecular formula is C18H19ClN2O3. The highest BCUT2D eigenvalue weighted by Crippen LogP contribution is 2.32. The number of hydrogen-bond acceptors (Lipinski definition) is 4. The summed E-state index contributed by atoms with van der Waals surface area (Å²) < 4.78 is 11.0. The average molecular weight is 347 g/mol. The number of anilines is 2. The van der Waals surface area contributed by atoms with Crippen LogP contribution in [0.5, 0.6) is 11.5 Å². The van der Waals surface area contributed by atoms with Gasteiger partial charge in [0.05, 0.1) is 17.3 Å². The molecule has 0 bridgehead atoms. The van der Waals surface area contributed by atoms with Gasteiger partial charge in [-0.3, -0.25) is 4.79 Å². The highest BCUT2D eigenvalue weighted by Gasteiger charge is 2.13. The van der Waals surface area contributed by atoms with Crippen molar-refractivity contribution in [3.63, 3.8) is 0 Å². The van der Waals surface area contributed by atoms with Crippen molar-refractivity contribution >= 4 is 28.9 Å². The van der Waals surface area contributed by atoms with Gasteiger partial charge in [0.2, 0.25) is 5.91 Å². The lowest BCUT2D eigenvalue weighted by molar-refractivity contribution is -0.114. The van der Waals surface area contributed by atoms with Crippen LogP contribution >= 0.6 is 11.6 Å². The summed E-state index contributed by atoms with van der Waals surface area (Å²) in [6, 6.07) is 9.23. The van der Waals surface area contributed by atoms with E-state index in [1.807, 2.05) is 26.0 Å². The number of amides is 1. The minimum absolute atomic E-state index is 0.123. The molecule has 1 aliphatic heterocycles. The molecule has 2 aromatic rings. The van der Waals surface area contributed by atoms with Crippen LogP contribution in [-0.2, 0) is 4.79 Å². The van der Waals surface area contributed by atoms with E-state index in [0.29, 0.717) is 35.4 Å². The molecule has 6 heteroatoms. The van der Waals surface area contributed by atoms with Crippen molar-refractivity contribution in [3.8, 4) is 11.5 Å². The average Bonchev–Trinajstić information content (AvgIpc) is 2.53. The van der Waals surface area contributed by atoms with Gasteiger partial charge in [0.25, 0.3) is 0 Å². The zero-order chi connectivity index (χ0) is 17.1. The van der Waals surface area contributed by atoms with E-state index in [2.05, 4.69) is 10.6 Å². The van der Waals surface area contributed by atoms with E-state index in [-0.39, 0.29) is 12.5 Å². The predicted octanol–water partition coefficient (Wildman–Crippen LogP) is 3.78. The summed E-state index contributed by atoms with van der Waals surface area (Å²) in [6.07, 6.45) is 0. The summed E-state index contributed by atoms with van der Waals surface area (Å²) in [7, 11) is 0. The van der Waals surface area contributed by atoms with Crippen LogP contribution < -0.4 is 20.1 Å². The van der Waals surface area contributed by atoms with Gasteiger partial charge in [0.15, 0.2) is 11.5 Å². The number of hydrogen-bond donors (Lipinski definition) is 2. The van der Waals surface area contributed by atoms with Crippen LogP contribution in [0.1, 0.15) is 11.1 Å². The molecule has 1 aliphatic rings. The number of halogens is 1. The zero-order valence-corrected chi connectivity index (χ0v) is 14.4. The van der Waals surface area contributed by atoms with Crippen LogP contribution in [0.15, 0.2) is 30.3 Å². The van der Waals surface area contributed by atoms with Crippen molar-refractivity contribution in [3.05, 3.63) is 46.5 Å². The summed E-state index contributed by atoms with van der Waals surface area (Å²) in [5.74, 6) is 1.17. The Balaban J connectivity index is 1.62. The number of rotatable bonds is 4. The maximum absolute atomic E-state index is 12.2. The van der Waals surface area contributed by atoms with Crippen molar-refractivity contribution in [2.75, 3.05) is 30.4 Å². The van der Waals surface area contributed by atoms with E-state index in [1.54, 1.807) is 18.2 Å². The molecule has 0 aromatic heterocycles. The third kappa shape index (κ3) is 3.74. The first-order valence-electron chi connectivity index (χ1n) is 7.73. The first-order chi connectivity index (χ1) is 11.5. The summed E-state index contributed by atoms with van der Waals surface area (Å²) >= 11 is 6.23. The summed E-state index contributed by atoms with van der Waals surface area (Å²) in [6.45, 7) is 5.12. The second-order valence-corrected chi connectivity index (χ2v) is 6.11. The highest BCUT2D eigenvalue weighted by atomic mass is 35.5. The molecule has 24 heavy (non-hydrogen) atoms. The van der Waals surface area contributed by atoms with E-state index < -0.39 is 0 Å². The minimum Gasteiger partial charge on any atom is -0.486 e. The Kier molecular flexibility index (Phi) is 4.81. The van der Waals surface area contributed by atoms with Crippen molar-refractivity contribution in [2.24, 2.45) is 0 Å². The Morgan fingerprint density at radius 3 is 2.62 bits per heavy atom. The molecule has 0 aliphatic carbocycles. The molecule has 2 N–H and O–H groups in total. The molecule has 5 nitrogen and oxygen atoms in total. The number of aryl methyl sites for hydroxylation is 2. The molecule has 0 fully saturated rings. The van der Waals surface area contributed by atoms with Crippen LogP contribution in [0.4, 0.5) is 11.4 Å². The molecule has 0 atom stereocenters. The first kappa shape index (κ1) is 16.5. The largest absolute Gasteiger partial charge is 0.486 e. The molecule has 2 aromatic carbocycles. The van der Waals surface area contributed by atoms with Gasteiger partial charge in [-0.05, 0) is 43.2 Å². The Bertz CT molecular complexity index is 754. The number of ether oxygens (including phenoxy) is 2. The van der Waals surface area contributed by atoms with Crippen molar-refractivity contribution in [1.82, 2.24) is 0 Å². The van der Waals surface area contributed by atoms with Crippen molar-refractivity contribution in [2.45, 2.75) is 13.8 Å². The second kappa shape index (κ2) is 7.01. The smallest absolute Gasteiger partial charge is 0.243 e. The van der Waals surface area contributed by atoms with Crippen LogP contribution in [0, 0.1) is 13.8 Å². The van der Waals surface area contributed by atoms with Crippen LogP contribution in [0.3, 0.4) is 0 Å². The standard InChI is InChI=1S/C18H19ClN2O3/c1-11-7-12(2)18(14(19)8-11)20-10-17(22)21-13-3-4-15-16(9-13)24-6-5-23-15/h3-4,7-9,20H,5-6,10H2,1-2H3,(H,21,22).